The number of anilines is 2. The van der Waals surface area contributed by atoms with Crippen molar-refractivity contribution < 1.29 is 62.2 Å². The Labute approximate surface area is 313 Å². The van der Waals surface area contributed by atoms with E-state index in [9.17, 15) is 43.8 Å². The summed E-state index contributed by atoms with van der Waals surface area (Å²) < 4.78 is 37.8. The number of nitro benzene ring substituents is 2. The van der Waals surface area contributed by atoms with Gasteiger partial charge in [-0.3, -0.25) is 29.8 Å². The highest BCUT2D eigenvalue weighted by molar-refractivity contribution is 5.89. The average Bonchev–Trinajstić information content (AvgIpc) is 3.12. The Bertz CT molecular complexity index is 1940. The van der Waals surface area contributed by atoms with Gasteiger partial charge >= 0.3 is 23.3 Å². The predicted molar refractivity (Wildman–Crippen MR) is 194 cm³/mol. The second-order valence-electron chi connectivity index (χ2n) is 10.5. The second-order valence-corrected chi connectivity index (χ2v) is 10.5. The molecule has 292 valence electrons. The minimum Gasteiger partial charge on any atom is -0.508 e. The number of nitrogens with zero attached hydrogens (tertiary/aromatic N) is 2. The zero-order valence-electron chi connectivity index (χ0n) is 29.9. The molecule has 55 heavy (non-hydrogen) atoms. The maximum absolute atomic E-state index is 12.9. The fraction of sp³-hybridized carbons (Fsp3) is 0.222. The van der Waals surface area contributed by atoms with Crippen LogP contribution in [-0.4, -0.2) is 65.1 Å². The molecule has 4 aromatic rings. The summed E-state index contributed by atoms with van der Waals surface area (Å²) in [6.45, 7) is 5.50. The lowest BCUT2D eigenvalue weighted by molar-refractivity contribution is -0.386. The first-order valence-electron chi connectivity index (χ1n) is 16.0. The predicted octanol–water partition coefficient (Wildman–Crippen LogP) is 6.31. The molecule has 4 rings (SSSR count). The maximum Gasteiger partial charge on any atom is 0.344 e. The van der Waals surface area contributed by atoms with Crippen molar-refractivity contribution in [3.05, 3.63) is 111 Å². The molecule has 18 nitrogen and oxygen atoms in total. The third-order valence-corrected chi connectivity index (χ3v) is 6.15. The van der Waals surface area contributed by atoms with E-state index in [1.807, 2.05) is 0 Å². The van der Waals surface area contributed by atoms with Gasteiger partial charge in [0.25, 0.3) is 0 Å². The molecule has 0 bridgehead atoms. The molecule has 0 aromatic heterocycles. The highest BCUT2D eigenvalue weighted by Crippen LogP contribution is 2.34. The first-order valence-corrected chi connectivity index (χ1v) is 16.0. The van der Waals surface area contributed by atoms with Crippen molar-refractivity contribution in [2.24, 2.45) is 0 Å². The van der Waals surface area contributed by atoms with Crippen LogP contribution in [-0.2, 0) is 28.7 Å². The summed E-state index contributed by atoms with van der Waals surface area (Å²) in [5.74, 6) is -1.78. The molecule has 0 atom stereocenters. The van der Waals surface area contributed by atoms with Crippen LogP contribution in [0.1, 0.15) is 27.7 Å². The van der Waals surface area contributed by atoms with Crippen molar-refractivity contribution >= 4 is 46.5 Å². The van der Waals surface area contributed by atoms with Crippen molar-refractivity contribution in [3.8, 4) is 28.7 Å². The van der Waals surface area contributed by atoms with E-state index in [1.54, 1.807) is 50.2 Å². The third-order valence-electron chi connectivity index (χ3n) is 6.15. The van der Waals surface area contributed by atoms with Crippen LogP contribution in [0.15, 0.2) is 84.9 Å². The van der Waals surface area contributed by atoms with E-state index in [-0.39, 0.29) is 53.7 Å². The first-order chi connectivity index (χ1) is 26.1. The van der Waals surface area contributed by atoms with Gasteiger partial charge in [-0.25, -0.2) is 14.0 Å². The van der Waals surface area contributed by atoms with Gasteiger partial charge in [0.15, 0.2) is 13.2 Å². The van der Waals surface area contributed by atoms with Crippen LogP contribution in [0.25, 0.3) is 0 Å². The average molecular weight is 769 g/mol. The van der Waals surface area contributed by atoms with Crippen LogP contribution >= 0.6 is 0 Å². The van der Waals surface area contributed by atoms with Gasteiger partial charge in [-0.05, 0) is 74.5 Å². The molecule has 0 saturated carbocycles. The van der Waals surface area contributed by atoms with Gasteiger partial charge in [0, 0.05) is 49.5 Å². The summed E-state index contributed by atoms with van der Waals surface area (Å²) in [6.07, 6.45) is 0. The second kappa shape index (κ2) is 22.6. The monoisotopic (exact) mass is 768 g/mol. The summed E-state index contributed by atoms with van der Waals surface area (Å²) in [5.41, 5.74) is 0.593. The summed E-state index contributed by atoms with van der Waals surface area (Å²) in [5, 5.41) is 35.8. The van der Waals surface area contributed by atoms with E-state index in [2.05, 4.69) is 15.4 Å². The van der Waals surface area contributed by atoms with E-state index in [0.717, 1.165) is 18.2 Å². The summed E-state index contributed by atoms with van der Waals surface area (Å²) in [7, 11) is 0. The van der Waals surface area contributed by atoms with Crippen molar-refractivity contribution in [2.75, 3.05) is 37.1 Å². The van der Waals surface area contributed by atoms with Gasteiger partial charge in [-0.15, -0.1) is 0 Å². The molecule has 0 heterocycles. The molecule has 0 radical (unpaired) electrons. The summed E-state index contributed by atoms with van der Waals surface area (Å²) >= 11 is 0. The van der Waals surface area contributed by atoms with Gasteiger partial charge in [-0.1, -0.05) is 0 Å². The SMILES string of the molecule is CC(=O)Nc1ccc(O)cc1.CCOC(=O)COc1cc(F)ccc1[N+](=O)[O-].CCOC(=O)COc1cc(Oc2ccc(NC(C)=O)cc2)ccc1[N+](=O)[O-]. The summed E-state index contributed by atoms with van der Waals surface area (Å²) in [6, 6.07) is 19.6. The minimum absolute atomic E-state index is 0.111. The molecule has 0 fully saturated rings. The van der Waals surface area contributed by atoms with Crippen molar-refractivity contribution in [3.63, 3.8) is 0 Å². The Hall–Kier alpha value is -7.31. The van der Waals surface area contributed by atoms with E-state index >= 15 is 0 Å². The lowest BCUT2D eigenvalue weighted by Crippen LogP contribution is -2.15. The number of aromatic hydroxyl groups is 1. The number of esters is 2. The van der Waals surface area contributed by atoms with Crippen LogP contribution in [0.3, 0.4) is 0 Å². The van der Waals surface area contributed by atoms with Crippen LogP contribution in [0, 0.1) is 26.0 Å². The zero-order valence-corrected chi connectivity index (χ0v) is 29.9. The molecule has 3 N–H and O–H groups in total. The Balaban J connectivity index is 0.000000317. The van der Waals surface area contributed by atoms with Crippen LogP contribution < -0.4 is 24.8 Å². The number of ether oxygens (including phenoxy) is 5. The lowest BCUT2D eigenvalue weighted by Gasteiger charge is -2.10. The number of phenols is 1. The zero-order chi connectivity index (χ0) is 40.9. The smallest absolute Gasteiger partial charge is 0.344 e. The van der Waals surface area contributed by atoms with Crippen LogP contribution in [0.5, 0.6) is 28.7 Å². The molecule has 0 aliphatic heterocycles. The summed E-state index contributed by atoms with van der Waals surface area (Å²) in [4.78, 5) is 64.3. The molecule has 2 amide bonds. The first kappa shape index (κ1) is 43.9. The molecule has 0 spiro atoms. The molecule has 0 aliphatic rings. The number of benzene rings is 4. The number of halogens is 1. The van der Waals surface area contributed by atoms with Gasteiger partial charge < -0.3 is 39.4 Å². The maximum atomic E-state index is 12.9. The largest absolute Gasteiger partial charge is 0.508 e. The van der Waals surface area contributed by atoms with Gasteiger partial charge in [-0.2, -0.15) is 0 Å². The molecule has 4 aromatic carbocycles. The van der Waals surface area contributed by atoms with Gasteiger partial charge in [0.05, 0.1) is 23.1 Å². The van der Waals surface area contributed by atoms with Gasteiger partial charge in [0.2, 0.25) is 23.3 Å². The van der Waals surface area contributed by atoms with Gasteiger partial charge in [0.1, 0.15) is 23.1 Å². The highest BCUT2D eigenvalue weighted by Gasteiger charge is 2.19. The van der Waals surface area contributed by atoms with E-state index in [1.165, 1.54) is 44.2 Å². The fourth-order valence-corrected chi connectivity index (χ4v) is 3.95. The number of nitrogens with one attached hydrogen (secondary N) is 2. The lowest BCUT2D eigenvalue weighted by atomic mass is 10.2. The molecule has 19 heteroatoms. The number of rotatable bonds is 14. The van der Waals surface area contributed by atoms with Crippen molar-refractivity contribution in [2.45, 2.75) is 27.7 Å². The number of hydrogen-bond acceptors (Lipinski definition) is 14. The Morgan fingerprint density at radius 2 is 1.07 bits per heavy atom. The number of nitro groups is 2. The normalized spacial score (nSPS) is 9.76. The Morgan fingerprint density at radius 1 is 0.655 bits per heavy atom. The third kappa shape index (κ3) is 16.7. The topological polar surface area (TPSA) is 245 Å². The van der Waals surface area contributed by atoms with E-state index < -0.39 is 46.5 Å². The Kier molecular flexibility index (Phi) is 18.0. The number of carbonyl (C=O) groups excluding carboxylic acids is 4. The van der Waals surface area contributed by atoms with Crippen molar-refractivity contribution in [1.29, 1.82) is 0 Å². The van der Waals surface area contributed by atoms with Crippen LogP contribution in [0.4, 0.5) is 27.1 Å². The molecular weight excluding hydrogens is 731 g/mol. The molecule has 0 aliphatic carbocycles. The molecule has 0 saturated heterocycles. The number of hydrogen-bond donors (Lipinski definition) is 3. The number of phenolic OH excluding ortho intramolecular Hbond substituents is 1. The standard InChI is InChI=1S/C18H18N2O7.C10H10FNO5.C8H9NO2/c1-3-25-18(22)11-26-17-10-15(8-9-16(17)20(23)24)27-14-6-4-13(5-7-14)19-12(2)21;1-2-16-10(13)6-17-9-5-7(11)3-4-8(9)12(14)15;1-6(10)9-7-2-4-8(11)5-3-7/h4-10H,3,11H2,1-2H3,(H,19,21);3-5H,2,6H2,1H3;2-5,11H,1H3,(H,9,10). The van der Waals surface area contributed by atoms with Crippen molar-refractivity contribution in [1.82, 2.24) is 0 Å². The quantitative estimate of drug-likeness (QED) is 0.0551. The molecule has 0 unspecified atom stereocenters. The highest BCUT2D eigenvalue weighted by atomic mass is 19.1. The fourth-order valence-electron chi connectivity index (χ4n) is 3.95. The van der Waals surface area contributed by atoms with E-state index in [0.29, 0.717) is 17.1 Å². The van der Waals surface area contributed by atoms with E-state index in [4.69, 9.17) is 24.1 Å². The number of amides is 2. The minimum atomic E-state index is -0.722. The Morgan fingerprint density at radius 3 is 1.51 bits per heavy atom. The number of carbonyl (C=O) groups is 4. The van der Waals surface area contributed by atoms with Crippen LogP contribution in [0.2, 0.25) is 0 Å². The molecular formula is C36H37FN4O14.